The zero-order valence-electron chi connectivity index (χ0n) is 51.3. The molecule has 0 aliphatic heterocycles. The quantitative estimate of drug-likeness (QED) is 0.0261. The molecule has 0 aliphatic rings. The van der Waals surface area contributed by atoms with Gasteiger partial charge >= 0.3 is 17.9 Å². The molecule has 0 saturated carbocycles. The third-order valence-corrected chi connectivity index (χ3v) is 12.9. The fourth-order valence-electron chi connectivity index (χ4n) is 8.18. The Kier molecular flexibility index (Phi) is 61.9. The summed E-state index contributed by atoms with van der Waals surface area (Å²) < 4.78 is 16.8. The standard InChI is InChI=1S/C74H116O6/c1-4-7-10-13-16-19-22-25-27-28-29-30-31-32-33-34-35-36-37-38-39-40-41-42-43-44-45-46-48-49-52-55-58-61-64-67-73(76)79-70-71(69-78-72(75)66-63-60-57-54-51-24-21-18-15-12-9-6-3)80-74(77)68-65-62-59-56-53-50-47-26-23-20-17-14-11-8-5-2/h7-8,10-11,16-21,25-27,29-30,32-33,35-36,38-39,41-42,44-45,47-49,71H,4-6,9,12-15,22-24,28,31,34,37,40,43,46,50-70H2,1-3H3/b10-7-,11-8-,19-16-,20-17-,21-18-,27-25-,30-29-,33-32-,36-35-,39-38-,42-41-,45-44-,47-26-,49-48-. The van der Waals surface area contributed by atoms with E-state index in [1.165, 1.54) is 32.1 Å². The van der Waals surface area contributed by atoms with E-state index >= 15 is 0 Å². The van der Waals surface area contributed by atoms with Gasteiger partial charge in [0.2, 0.25) is 0 Å². The lowest BCUT2D eigenvalue weighted by Gasteiger charge is -2.18. The van der Waals surface area contributed by atoms with Gasteiger partial charge in [0.15, 0.2) is 6.10 Å². The summed E-state index contributed by atoms with van der Waals surface area (Å²) in [6.07, 6.45) is 97.9. The fourth-order valence-corrected chi connectivity index (χ4v) is 8.18. The van der Waals surface area contributed by atoms with Gasteiger partial charge in [0, 0.05) is 19.3 Å². The third kappa shape index (κ3) is 63.6. The molecule has 0 aromatic carbocycles. The average molecular weight is 1100 g/mol. The van der Waals surface area contributed by atoms with Crippen molar-refractivity contribution in [3.05, 3.63) is 170 Å². The molecule has 0 spiro atoms. The van der Waals surface area contributed by atoms with E-state index in [0.29, 0.717) is 19.3 Å². The summed E-state index contributed by atoms with van der Waals surface area (Å²) in [4.78, 5) is 38.2. The summed E-state index contributed by atoms with van der Waals surface area (Å²) in [5.41, 5.74) is 0. The van der Waals surface area contributed by atoms with Crippen molar-refractivity contribution in [1.82, 2.24) is 0 Å². The molecule has 1 unspecified atom stereocenters. The normalized spacial score (nSPS) is 13.3. The van der Waals surface area contributed by atoms with Crippen molar-refractivity contribution in [2.75, 3.05) is 13.2 Å². The number of hydrogen-bond acceptors (Lipinski definition) is 6. The molecule has 6 heteroatoms. The van der Waals surface area contributed by atoms with Crippen LogP contribution >= 0.6 is 0 Å². The van der Waals surface area contributed by atoms with Gasteiger partial charge in [-0.25, -0.2) is 0 Å². The lowest BCUT2D eigenvalue weighted by atomic mass is 10.1. The SMILES string of the molecule is CC/C=C\C/C=C\C/C=C\C/C=C\C/C=C\C/C=C\C/C=C\C/C=C\C/C=C\C/C=C\CCCCCCC(=O)OCC(COC(=O)CCCCCCC/C=C\CCCCC)OC(=O)CCCCCCC/C=C\C/C=C\C/C=C\CC. The number of allylic oxidation sites excluding steroid dienone is 28. The molecule has 0 N–H and O–H groups in total. The Morgan fingerprint density at radius 1 is 0.263 bits per heavy atom. The van der Waals surface area contributed by atoms with Crippen LogP contribution in [-0.2, 0) is 28.6 Å². The molecular weight excluding hydrogens is 985 g/mol. The number of carbonyl (C=O) groups excluding carboxylic acids is 3. The molecule has 0 amide bonds. The molecule has 448 valence electrons. The van der Waals surface area contributed by atoms with E-state index < -0.39 is 6.10 Å². The highest BCUT2D eigenvalue weighted by Crippen LogP contribution is 2.13. The third-order valence-electron chi connectivity index (χ3n) is 12.9. The fraction of sp³-hybridized carbons (Fsp3) is 0.581. The van der Waals surface area contributed by atoms with Crippen LogP contribution in [0.4, 0.5) is 0 Å². The van der Waals surface area contributed by atoms with E-state index in [0.717, 1.165) is 186 Å². The number of hydrogen-bond donors (Lipinski definition) is 0. The van der Waals surface area contributed by atoms with Crippen LogP contribution in [0.3, 0.4) is 0 Å². The molecule has 0 bridgehead atoms. The van der Waals surface area contributed by atoms with Gasteiger partial charge in [-0.1, -0.05) is 255 Å². The first kappa shape index (κ1) is 74.8. The maximum absolute atomic E-state index is 12.9. The van der Waals surface area contributed by atoms with Gasteiger partial charge in [-0.15, -0.1) is 0 Å². The van der Waals surface area contributed by atoms with Gasteiger partial charge in [0.05, 0.1) is 0 Å². The predicted molar refractivity (Wildman–Crippen MR) is 348 cm³/mol. The van der Waals surface area contributed by atoms with E-state index in [1.54, 1.807) is 0 Å². The molecule has 80 heavy (non-hydrogen) atoms. The van der Waals surface area contributed by atoms with E-state index in [1.807, 2.05) is 0 Å². The minimum Gasteiger partial charge on any atom is -0.462 e. The van der Waals surface area contributed by atoms with Gasteiger partial charge < -0.3 is 14.2 Å². The van der Waals surface area contributed by atoms with Crippen molar-refractivity contribution in [2.45, 2.75) is 264 Å². The van der Waals surface area contributed by atoms with Crippen LogP contribution in [0, 0.1) is 0 Å². The van der Waals surface area contributed by atoms with Gasteiger partial charge in [0.25, 0.3) is 0 Å². The zero-order valence-corrected chi connectivity index (χ0v) is 51.3. The van der Waals surface area contributed by atoms with Gasteiger partial charge in [-0.2, -0.15) is 0 Å². The average Bonchev–Trinajstić information content (AvgIpc) is 3.46. The van der Waals surface area contributed by atoms with Crippen LogP contribution in [0.1, 0.15) is 258 Å². The van der Waals surface area contributed by atoms with Gasteiger partial charge in [-0.3, -0.25) is 14.4 Å². The molecule has 1 atom stereocenters. The Hall–Kier alpha value is -5.23. The second-order valence-corrected chi connectivity index (χ2v) is 20.5. The van der Waals surface area contributed by atoms with E-state index in [9.17, 15) is 14.4 Å². The number of esters is 3. The minimum atomic E-state index is -0.809. The molecule has 0 aromatic rings. The summed E-state index contributed by atoms with van der Waals surface area (Å²) in [6, 6.07) is 0. The minimum absolute atomic E-state index is 0.104. The summed E-state index contributed by atoms with van der Waals surface area (Å²) in [7, 11) is 0. The molecule has 0 saturated heterocycles. The number of carbonyl (C=O) groups is 3. The maximum Gasteiger partial charge on any atom is 0.306 e. The highest BCUT2D eigenvalue weighted by molar-refractivity contribution is 5.71. The number of ether oxygens (including phenoxy) is 3. The van der Waals surface area contributed by atoms with E-state index in [-0.39, 0.29) is 31.1 Å². The van der Waals surface area contributed by atoms with Gasteiger partial charge in [-0.05, 0) is 154 Å². The lowest BCUT2D eigenvalue weighted by molar-refractivity contribution is -0.167. The lowest BCUT2D eigenvalue weighted by Crippen LogP contribution is -2.30. The zero-order chi connectivity index (χ0) is 57.8. The van der Waals surface area contributed by atoms with Crippen molar-refractivity contribution < 1.29 is 28.6 Å². The topological polar surface area (TPSA) is 78.9 Å². The molecule has 0 aliphatic carbocycles. The van der Waals surface area contributed by atoms with Gasteiger partial charge in [0.1, 0.15) is 13.2 Å². The van der Waals surface area contributed by atoms with E-state index in [4.69, 9.17) is 14.2 Å². The molecule has 6 nitrogen and oxygen atoms in total. The van der Waals surface area contributed by atoms with Crippen LogP contribution in [0.5, 0.6) is 0 Å². The molecule has 0 fully saturated rings. The van der Waals surface area contributed by atoms with Crippen LogP contribution in [0.25, 0.3) is 0 Å². The maximum atomic E-state index is 12.9. The van der Waals surface area contributed by atoms with Crippen molar-refractivity contribution in [2.24, 2.45) is 0 Å². The summed E-state index contributed by atoms with van der Waals surface area (Å²) >= 11 is 0. The van der Waals surface area contributed by atoms with Crippen LogP contribution in [0.2, 0.25) is 0 Å². The van der Waals surface area contributed by atoms with Crippen LogP contribution in [-0.4, -0.2) is 37.2 Å². The van der Waals surface area contributed by atoms with Crippen molar-refractivity contribution in [3.8, 4) is 0 Å². The smallest absolute Gasteiger partial charge is 0.306 e. The Morgan fingerprint density at radius 2 is 0.487 bits per heavy atom. The highest BCUT2D eigenvalue weighted by atomic mass is 16.6. The molecule has 0 heterocycles. The molecule has 0 rings (SSSR count). The molecular formula is C74H116O6. The first-order chi connectivity index (χ1) is 39.5. The summed E-state index contributed by atoms with van der Waals surface area (Å²) in [5.74, 6) is -0.962. The summed E-state index contributed by atoms with van der Waals surface area (Å²) in [5, 5.41) is 0. The summed E-state index contributed by atoms with van der Waals surface area (Å²) in [6.45, 7) is 6.33. The van der Waals surface area contributed by atoms with Crippen LogP contribution < -0.4 is 0 Å². The monoisotopic (exact) mass is 1100 g/mol. The molecule has 0 aromatic heterocycles. The largest absolute Gasteiger partial charge is 0.462 e. The van der Waals surface area contributed by atoms with Crippen molar-refractivity contribution in [3.63, 3.8) is 0 Å². The number of unbranched alkanes of at least 4 members (excludes halogenated alkanes) is 17. The highest BCUT2D eigenvalue weighted by Gasteiger charge is 2.19. The molecule has 0 radical (unpaired) electrons. The second kappa shape index (κ2) is 66.3. The Morgan fingerprint density at radius 3 is 0.775 bits per heavy atom. The van der Waals surface area contributed by atoms with E-state index in [2.05, 4.69) is 191 Å². The predicted octanol–water partition coefficient (Wildman–Crippen LogP) is 22.3. The number of rotatable bonds is 56. The Bertz CT molecular complexity index is 1840. The second-order valence-electron chi connectivity index (χ2n) is 20.5. The Labute approximate surface area is 492 Å². The van der Waals surface area contributed by atoms with Crippen molar-refractivity contribution in [1.29, 1.82) is 0 Å². The Balaban J connectivity index is 4.33. The van der Waals surface area contributed by atoms with Crippen LogP contribution in [0.15, 0.2) is 170 Å². The van der Waals surface area contributed by atoms with Crippen molar-refractivity contribution >= 4 is 17.9 Å². The first-order valence-corrected chi connectivity index (χ1v) is 32.1. The first-order valence-electron chi connectivity index (χ1n) is 32.1.